The van der Waals surface area contributed by atoms with Crippen molar-refractivity contribution in [2.75, 3.05) is 6.26 Å². The lowest BCUT2D eigenvalue weighted by Crippen LogP contribution is -2.18. The maximum absolute atomic E-state index is 6.06. The fourth-order valence-electron chi connectivity index (χ4n) is 1.94. The van der Waals surface area contributed by atoms with E-state index in [1.165, 1.54) is 0 Å². The second kappa shape index (κ2) is 6.64. The molecule has 0 bridgehead atoms. The van der Waals surface area contributed by atoms with E-state index in [1.807, 2.05) is 43.3 Å². The van der Waals surface area contributed by atoms with Crippen LogP contribution in [-0.4, -0.2) is 12.3 Å². The molecule has 0 aromatic heterocycles. The van der Waals surface area contributed by atoms with E-state index in [9.17, 15) is 0 Å². The SMILES string of the molecule is CSc1ccccc1Oc1ccccc1CC(C)N. The first-order valence-corrected chi connectivity index (χ1v) is 7.57. The van der Waals surface area contributed by atoms with Crippen LogP contribution in [-0.2, 0) is 6.42 Å². The Morgan fingerprint density at radius 3 is 2.37 bits per heavy atom. The van der Waals surface area contributed by atoms with Crippen LogP contribution in [0.5, 0.6) is 11.5 Å². The minimum atomic E-state index is 0.126. The highest BCUT2D eigenvalue weighted by Crippen LogP contribution is 2.32. The molecule has 0 spiro atoms. The molecule has 0 saturated carbocycles. The van der Waals surface area contributed by atoms with E-state index in [-0.39, 0.29) is 6.04 Å². The first-order valence-electron chi connectivity index (χ1n) is 6.35. The summed E-state index contributed by atoms with van der Waals surface area (Å²) in [4.78, 5) is 1.14. The van der Waals surface area contributed by atoms with E-state index in [0.717, 1.165) is 28.4 Å². The lowest BCUT2D eigenvalue weighted by Gasteiger charge is -2.14. The molecule has 3 heteroatoms. The Hall–Kier alpha value is -1.45. The molecule has 2 aromatic rings. The van der Waals surface area contributed by atoms with E-state index in [2.05, 4.69) is 18.4 Å². The summed E-state index contributed by atoms with van der Waals surface area (Å²) in [7, 11) is 0. The minimum absolute atomic E-state index is 0.126. The van der Waals surface area contributed by atoms with Gasteiger partial charge in [0, 0.05) is 10.9 Å². The molecule has 2 aromatic carbocycles. The highest BCUT2D eigenvalue weighted by atomic mass is 32.2. The number of nitrogens with two attached hydrogens (primary N) is 1. The van der Waals surface area contributed by atoms with Gasteiger partial charge in [-0.2, -0.15) is 0 Å². The van der Waals surface area contributed by atoms with Crippen molar-refractivity contribution in [1.82, 2.24) is 0 Å². The van der Waals surface area contributed by atoms with Gasteiger partial charge in [0.15, 0.2) is 0 Å². The van der Waals surface area contributed by atoms with Crippen LogP contribution >= 0.6 is 11.8 Å². The van der Waals surface area contributed by atoms with E-state index in [4.69, 9.17) is 10.5 Å². The Kier molecular flexibility index (Phi) is 4.88. The molecule has 0 fully saturated rings. The van der Waals surface area contributed by atoms with Gasteiger partial charge in [0.25, 0.3) is 0 Å². The number of hydrogen-bond acceptors (Lipinski definition) is 3. The van der Waals surface area contributed by atoms with Crippen LogP contribution in [0, 0.1) is 0 Å². The molecule has 2 rings (SSSR count). The van der Waals surface area contributed by atoms with Crippen molar-refractivity contribution in [2.45, 2.75) is 24.3 Å². The third-order valence-electron chi connectivity index (χ3n) is 2.80. The first-order chi connectivity index (χ1) is 9.20. The summed E-state index contributed by atoms with van der Waals surface area (Å²) in [6.07, 6.45) is 2.87. The van der Waals surface area contributed by atoms with Crippen molar-refractivity contribution in [1.29, 1.82) is 0 Å². The van der Waals surface area contributed by atoms with Gasteiger partial charge in [0.05, 0.1) is 0 Å². The molecule has 0 saturated heterocycles. The summed E-state index contributed by atoms with van der Waals surface area (Å²) < 4.78 is 6.06. The maximum Gasteiger partial charge on any atom is 0.140 e. The average Bonchev–Trinajstić information content (AvgIpc) is 2.41. The number of rotatable bonds is 5. The highest BCUT2D eigenvalue weighted by molar-refractivity contribution is 7.98. The van der Waals surface area contributed by atoms with Crippen molar-refractivity contribution >= 4 is 11.8 Å². The third kappa shape index (κ3) is 3.75. The van der Waals surface area contributed by atoms with Crippen LogP contribution in [0.25, 0.3) is 0 Å². The smallest absolute Gasteiger partial charge is 0.140 e. The second-order valence-corrected chi connectivity index (χ2v) is 5.39. The van der Waals surface area contributed by atoms with Crippen molar-refractivity contribution in [3.8, 4) is 11.5 Å². The van der Waals surface area contributed by atoms with E-state index in [1.54, 1.807) is 11.8 Å². The maximum atomic E-state index is 6.06. The van der Waals surface area contributed by atoms with Crippen LogP contribution in [0.4, 0.5) is 0 Å². The Morgan fingerprint density at radius 1 is 1.05 bits per heavy atom. The lowest BCUT2D eigenvalue weighted by molar-refractivity contribution is 0.463. The summed E-state index contributed by atoms with van der Waals surface area (Å²) in [6, 6.07) is 16.3. The molecule has 0 radical (unpaired) electrons. The van der Waals surface area contributed by atoms with Gasteiger partial charge in [-0.05, 0) is 43.4 Å². The monoisotopic (exact) mass is 273 g/mol. The Balaban J connectivity index is 2.27. The highest BCUT2D eigenvalue weighted by Gasteiger charge is 2.08. The van der Waals surface area contributed by atoms with Crippen molar-refractivity contribution < 1.29 is 4.74 Å². The molecule has 19 heavy (non-hydrogen) atoms. The predicted octanol–water partition coefficient (Wildman–Crippen LogP) is 4.09. The number of hydrogen-bond donors (Lipinski definition) is 1. The molecule has 0 amide bonds. The van der Waals surface area contributed by atoms with Crippen LogP contribution in [0.2, 0.25) is 0 Å². The zero-order valence-corrected chi connectivity index (χ0v) is 12.1. The largest absolute Gasteiger partial charge is 0.456 e. The zero-order chi connectivity index (χ0) is 13.7. The number of ether oxygens (including phenoxy) is 1. The molecule has 100 valence electrons. The zero-order valence-electron chi connectivity index (χ0n) is 11.3. The number of para-hydroxylation sites is 2. The topological polar surface area (TPSA) is 35.2 Å². The van der Waals surface area contributed by atoms with Crippen LogP contribution in [0.15, 0.2) is 53.4 Å². The number of benzene rings is 2. The summed E-state index contributed by atoms with van der Waals surface area (Å²) in [5.74, 6) is 1.79. The molecule has 2 nitrogen and oxygen atoms in total. The quantitative estimate of drug-likeness (QED) is 0.833. The summed E-state index contributed by atoms with van der Waals surface area (Å²) >= 11 is 1.68. The minimum Gasteiger partial charge on any atom is -0.456 e. The summed E-state index contributed by atoms with van der Waals surface area (Å²) in [5, 5.41) is 0. The molecule has 0 heterocycles. The van der Waals surface area contributed by atoms with Gasteiger partial charge in [-0.25, -0.2) is 0 Å². The molecule has 0 aliphatic carbocycles. The van der Waals surface area contributed by atoms with E-state index < -0.39 is 0 Å². The van der Waals surface area contributed by atoms with Crippen LogP contribution in [0.3, 0.4) is 0 Å². The van der Waals surface area contributed by atoms with Gasteiger partial charge in [-0.1, -0.05) is 30.3 Å². The van der Waals surface area contributed by atoms with Gasteiger partial charge in [0.1, 0.15) is 11.5 Å². The summed E-state index contributed by atoms with van der Waals surface area (Å²) in [5.41, 5.74) is 7.03. The standard InChI is InChI=1S/C16H19NOS/c1-12(17)11-13-7-3-4-8-14(13)18-15-9-5-6-10-16(15)19-2/h3-10,12H,11,17H2,1-2H3. The molecule has 0 aliphatic heterocycles. The van der Waals surface area contributed by atoms with E-state index in [0.29, 0.717) is 0 Å². The van der Waals surface area contributed by atoms with Crippen LogP contribution in [0.1, 0.15) is 12.5 Å². The number of thioether (sulfide) groups is 1. The average molecular weight is 273 g/mol. The first kappa shape index (κ1) is 14.0. The van der Waals surface area contributed by atoms with Gasteiger partial charge < -0.3 is 10.5 Å². The lowest BCUT2D eigenvalue weighted by atomic mass is 10.1. The molecular weight excluding hydrogens is 254 g/mol. The molecule has 2 N–H and O–H groups in total. The van der Waals surface area contributed by atoms with E-state index >= 15 is 0 Å². The molecular formula is C16H19NOS. The van der Waals surface area contributed by atoms with Crippen molar-refractivity contribution in [2.24, 2.45) is 5.73 Å². The Bertz CT molecular complexity index is 540. The fraction of sp³-hybridized carbons (Fsp3) is 0.250. The fourth-order valence-corrected chi connectivity index (χ4v) is 2.47. The van der Waals surface area contributed by atoms with Crippen molar-refractivity contribution in [3.05, 3.63) is 54.1 Å². The molecule has 1 atom stereocenters. The molecule has 1 unspecified atom stereocenters. The second-order valence-electron chi connectivity index (χ2n) is 4.54. The van der Waals surface area contributed by atoms with Crippen molar-refractivity contribution in [3.63, 3.8) is 0 Å². The van der Waals surface area contributed by atoms with Gasteiger partial charge >= 0.3 is 0 Å². The Labute approximate surface area is 119 Å². The van der Waals surface area contributed by atoms with Gasteiger partial charge in [0.2, 0.25) is 0 Å². The molecule has 0 aliphatic rings. The summed E-state index contributed by atoms with van der Waals surface area (Å²) in [6.45, 7) is 2.01. The van der Waals surface area contributed by atoms with Gasteiger partial charge in [-0.15, -0.1) is 11.8 Å². The van der Waals surface area contributed by atoms with Crippen LogP contribution < -0.4 is 10.5 Å². The van der Waals surface area contributed by atoms with Gasteiger partial charge in [-0.3, -0.25) is 0 Å². The third-order valence-corrected chi connectivity index (χ3v) is 3.58. The Morgan fingerprint density at radius 2 is 1.68 bits per heavy atom. The predicted molar refractivity (Wildman–Crippen MR) is 82.1 cm³/mol. The normalized spacial score (nSPS) is 12.2.